The minimum atomic E-state index is 0.0384. The second-order valence-electron chi connectivity index (χ2n) is 4.75. The Bertz CT molecular complexity index is 745. The number of nitrogens with zero attached hydrogens (tertiary/aromatic N) is 1. The van der Waals surface area contributed by atoms with Crippen molar-refractivity contribution in [2.24, 2.45) is 0 Å². The highest BCUT2D eigenvalue weighted by Gasteiger charge is 2.06. The van der Waals surface area contributed by atoms with Crippen LogP contribution in [0.2, 0.25) is 0 Å². The van der Waals surface area contributed by atoms with Crippen LogP contribution >= 0.6 is 0 Å². The minimum absolute atomic E-state index is 0.0384. The van der Waals surface area contributed by atoms with E-state index in [1.54, 1.807) is 12.3 Å². The Morgan fingerprint density at radius 1 is 0.909 bits per heavy atom. The third-order valence-electron chi connectivity index (χ3n) is 3.19. The average Bonchev–Trinajstić information content (AvgIpc) is 2.56. The molecule has 0 bridgehead atoms. The first kappa shape index (κ1) is 13.9. The van der Waals surface area contributed by atoms with Gasteiger partial charge in [0.15, 0.2) is 5.75 Å². The number of anilines is 1. The normalized spacial score (nSPS) is 10.2. The fourth-order valence-electron chi connectivity index (χ4n) is 2.08. The number of benzene rings is 2. The van der Waals surface area contributed by atoms with E-state index in [0.29, 0.717) is 6.54 Å². The van der Waals surface area contributed by atoms with Crippen LogP contribution in [0.1, 0.15) is 5.56 Å². The zero-order valence-corrected chi connectivity index (χ0v) is 11.9. The molecule has 0 spiro atoms. The molecule has 2 aromatic carbocycles. The topological polar surface area (TPSA) is 54.4 Å². The van der Waals surface area contributed by atoms with Crippen LogP contribution in [0, 0.1) is 0 Å². The molecule has 0 saturated heterocycles. The van der Waals surface area contributed by atoms with Crippen LogP contribution < -0.4 is 10.1 Å². The number of nitrogens with one attached hydrogen (secondary N) is 1. The van der Waals surface area contributed by atoms with Gasteiger partial charge in [-0.25, -0.2) is 4.98 Å². The summed E-state index contributed by atoms with van der Waals surface area (Å²) in [6, 6.07) is 20.9. The summed E-state index contributed by atoms with van der Waals surface area (Å²) in [5.41, 5.74) is 1.59. The molecule has 0 saturated carbocycles. The van der Waals surface area contributed by atoms with Crippen molar-refractivity contribution < 1.29 is 9.84 Å². The number of ether oxygens (including phenoxy) is 1. The van der Waals surface area contributed by atoms with Gasteiger partial charge in [0.25, 0.3) is 0 Å². The number of pyridine rings is 1. The molecule has 3 aromatic rings. The maximum absolute atomic E-state index is 9.71. The summed E-state index contributed by atoms with van der Waals surface area (Å²) in [7, 11) is 0. The van der Waals surface area contributed by atoms with Crippen LogP contribution in [0.25, 0.3) is 0 Å². The van der Waals surface area contributed by atoms with Gasteiger partial charge in [-0.05, 0) is 30.3 Å². The molecule has 0 unspecified atom stereocenters. The summed E-state index contributed by atoms with van der Waals surface area (Å²) in [6.45, 7) is 0.467. The second-order valence-corrected chi connectivity index (χ2v) is 4.75. The smallest absolute Gasteiger partial charge is 0.215 e. The van der Waals surface area contributed by atoms with Crippen molar-refractivity contribution in [1.82, 2.24) is 4.98 Å². The van der Waals surface area contributed by atoms with Gasteiger partial charge in [-0.1, -0.05) is 36.4 Å². The lowest BCUT2D eigenvalue weighted by molar-refractivity contribution is 0.447. The molecule has 4 heteroatoms. The van der Waals surface area contributed by atoms with E-state index in [2.05, 4.69) is 10.3 Å². The number of hydrogen-bond donors (Lipinski definition) is 2. The van der Waals surface area contributed by atoms with E-state index in [0.717, 1.165) is 22.7 Å². The van der Waals surface area contributed by atoms with Crippen molar-refractivity contribution in [2.45, 2.75) is 6.54 Å². The van der Waals surface area contributed by atoms with Crippen LogP contribution in [-0.4, -0.2) is 10.1 Å². The van der Waals surface area contributed by atoms with Gasteiger partial charge in [-0.15, -0.1) is 0 Å². The van der Waals surface area contributed by atoms with Gasteiger partial charge in [0, 0.05) is 18.3 Å². The molecule has 0 fully saturated rings. The lowest BCUT2D eigenvalue weighted by atomic mass is 10.2. The van der Waals surface area contributed by atoms with Crippen molar-refractivity contribution >= 4 is 5.69 Å². The highest BCUT2D eigenvalue weighted by atomic mass is 16.5. The molecule has 110 valence electrons. The van der Waals surface area contributed by atoms with Gasteiger partial charge in [0.1, 0.15) is 5.75 Å². The summed E-state index contributed by atoms with van der Waals surface area (Å²) in [5.74, 6) is 1.55. The van der Waals surface area contributed by atoms with Crippen molar-refractivity contribution in [1.29, 1.82) is 0 Å². The molecule has 0 atom stereocenters. The third kappa shape index (κ3) is 3.35. The van der Waals surface area contributed by atoms with Gasteiger partial charge in [-0.2, -0.15) is 0 Å². The predicted octanol–water partition coefficient (Wildman–Crippen LogP) is 4.19. The molecule has 0 aliphatic carbocycles. The Hall–Kier alpha value is -3.01. The molecular weight excluding hydrogens is 276 g/mol. The Balaban J connectivity index is 1.75. The zero-order valence-electron chi connectivity index (χ0n) is 11.9. The van der Waals surface area contributed by atoms with Crippen LogP contribution in [0.15, 0.2) is 72.9 Å². The second kappa shape index (κ2) is 6.63. The van der Waals surface area contributed by atoms with E-state index < -0.39 is 0 Å². The molecule has 1 aromatic heterocycles. The van der Waals surface area contributed by atoms with Crippen molar-refractivity contribution in [3.8, 4) is 17.4 Å². The number of hydrogen-bond acceptors (Lipinski definition) is 4. The molecular formula is C18H16N2O2. The zero-order chi connectivity index (χ0) is 15.2. The number of aromatic hydroxyl groups is 1. The standard InChI is InChI=1S/C18H16N2O2/c21-18-14(7-6-12-19-18)13-20-16-10-4-5-11-17(16)22-15-8-2-1-3-9-15/h1-12,20H,13H2,(H,19,21). The summed E-state index contributed by atoms with van der Waals surface area (Å²) >= 11 is 0. The first-order chi connectivity index (χ1) is 10.8. The third-order valence-corrected chi connectivity index (χ3v) is 3.19. The average molecular weight is 292 g/mol. The monoisotopic (exact) mass is 292 g/mol. The maximum atomic E-state index is 9.71. The summed E-state index contributed by atoms with van der Waals surface area (Å²) in [6.07, 6.45) is 1.56. The van der Waals surface area contributed by atoms with E-state index in [1.807, 2.05) is 60.7 Å². The molecule has 0 aliphatic heterocycles. The molecule has 22 heavy (non-hydrogen) atoms. The number of para-hydroxylation sites is 3. The number of aromatic nitrogens is 1. The van der Waals surface area contributed by atoms with E-state index in [-0.39, 0.29) is 5.88 Å². The highest BCUT2D eigenvalue weighted by molar-refractivity contribution is 5.57. The van der Waals surface area contributed by atoms with E-state index in [4.69, 9.17) is 4.74 Å². The fraction of sp³-hybridized carbons (Fsp3) is 0.0556. The van der Waals surface area contributed by atoms with E-state index in [1.165, 1.54) is 0 Å². The lowest BCUT2D eigenvalue weighted by Crippen LogP contribution is -2.01. The first-order valence-corrected chi connectivity index (χ1v) is 7.01. The van der Waals surface area contributed by atoms with E-state index >= 15 is 0 Å². The van der Waals surface area contributed by atoms with Crippen LogP contribution in [0.3, 0.4) is 0 Å². The molecule has 4 nitrogen and oxygen atoms in total. The molecule has 0 radical (unpaired) electrons. The SMILES string of the molecule is Oc1ncccc1CNc1ccccc1Oc1ccccc1. The fourth-order valence-corrected chi connectivity index (χ4v) is 2.08. The van der Waals surface area contributed by atoms with Gasteiger partial charge < -0.3 is 15.2 Å². The molecule has 0 amide bonds. The summed E-state index contributed by atoms with van der Waals surface area (Å²) < 4.78 is 5.89. The predicted molar refractivity (Wildman–Crippen MR) is 86.2 cm³/mol. The van der Waals surface area contributed by atoms with Crippen molar-refractivity contribution in [3.05, 3.63) is 78.5 Å². The van der Waals surface area contributed by atoms with Gasteiger partial charge in [0.05, 0.1) is 5.69 Å². The Labute approximate surface area is 129 Å². The Morgan fingerprint density at radius 2 is 1.68 bits per heavy atom. The van der Waals surface area contributed by atoms with Crippen LogP contribution in [-0.2, 0) is 6.54 Å². The first-order valence-electron chi connectivity index (χ1n) is 7.01. The number of rotatable bonds is 5. The molecule has 3 rings (SSSR count). The van der Waals surface area contributed by atoms with Crippen molar-refractivity contribution in [3.63, 3.8) is 0 Å². The van der Waals surface area contributed by atoms with E-state index in [9.17, 15) is 5.11 Å². The molecule has 0 aliphatic rings. The highest BCUT2D eigenvalue weighted by Crippen LogP contribution is 2.29. The van der Waals surface area contributed by atoms with Gasteiger partial charge >= 0.3 is 0 Å². The largest absolute Gasteiger partial charge is 0.493 e. The Kier molecular flexibility index (Phi) is 4.20. The molecule has 1 heterocycles. The quantitative estimate of drug-likeness (QED) is 0.740. The maximum Gasteiger partial charge on any atom is 0.215 e. The van der Waals surface area contributed by atoms with Crippen LogP contribution in [0.5, 0.6) is 17.4 Å². The summed E-state index contributed by atoms with van der Waals surface area (Å²) in [4.78, 5) is 3.87. The van der Waals surface area contributed by atoms with Gasteiger partial charge in [0.2, 0.25) is 5.88 Å². The van der Waals surface area contributed by atoms with Gasteiger partial charge in [-0.3, -0.25) is 0 Å². The van der Waals surface area contributed by atoms with Crippen LogP contribution in [0.4, 0.5) is 5.69 Å². The summed E-state index contributed by atoms with van der Waals surface area (Å²) in [5, 5.41) is 13.0. The lowest BCUT2D eigenvalue weighted by Gasteiger charge is -2.13. The minimum Gasteiger partial charge on any atom is -0.493 e. The van der Waals surface area contributed by atoms with Crippen molar-refractivity contribution in [2.75, 3.05) is 5.32 Å². The Morgan fingerprint density at radius 3 is 2.50 bits per heavy atom. The molecule has 2 N–H and O–H groups in total.